The van der Waals surface area contributed by atoms with Crippen molar-refractivity contribution in [2.45, 2.75) is 13.2 Å². The van der Waals surface area contributed by atoms with Gasteiger partial charge in [0.1, 0.15) is 12.4 Å². The number of aromatic nitrogens is 4. The molecule has 1 amide bonds. The summed E-state index contributed by atoms with van der Waals surface area (Å²) in [6, 6.07) is 16.8. The maximum Gasteiger partial charge on any atom is 0.255 e. The smallest absolute Gasteiger partial charge is 0.255 e. The zero-order valence-corrected chi connectivity index (χ0v) is 13.2. The molecule has 0 spiro atoms. The molecule has 2 aromatic carbocycles. The van der Waals surface area contributed by atoms with E-state index in [2.05, 4.69) is 20.8 Å². The van der Waals surface area contributed by atoms with Crippen molar-refractivity contribution in [2.75, 3.05) is 0 Å². The van der Waals surface area contributed by atoms with E-state index in [1.807, 2.05) is 36.4 Å². The molecule has 0 saturated heterocycles. The zero-order valence-electron chi connectivity index (χ0n) is 13.2. The average molecular weight is 323 g/mol. The van der Waals surface area contributed by atoms with Crippen LogP contribution in [0.25, 0.3) is 0 Å². The highest BCUT2D eigenvalue weighted by molar-refractivity contribution is 5.96. The Morgan fingerprint density at radius 3 is 2.62 bits per heavy atom. The molecular formula is C17H17N5O2. The first-order chi connectivity index (χ1) is 11.7. The number of tetrazole rings is 1. The number of nitrogens with one attached hydrogen (secondary N) is 1. The molecule has 7 heteroatoms. The third-order valence-electron chi connectivity index (χ3n) is 3.49. The molecule has 0 unspecified atom stereocenters. The van der Waals surface area contributed by atoms with Gasteiger partial charge >= 0.3 is 0 Å². The predicted molar refractivity (Wildman–Crippen MR) is 87.2 cm³/mol. The molecule has 0 saturated carbocycles. The second-order valence-corrected chi connectivity index (χ2v) is 5.17. The van der Waals surface area contributed by atoms with Crippen LogP contribution in [0.2, 0.25) is 0 Å². The first-order valence-electron chi connectivity index (χ1n) is 7.49. The molecule has 122 valence electrons. The number of benzene rings is 2. The normalized spacial score (nSPS) is 10.4. The molecule has 0 aliphatic carbocycles. The van der Waals surface area contributed by atoms with Crippen LogP contribution in [0.1, 0.15) is 21.7 Å². The summed E-state index contributed by atoms with van der Waals surface area (Å²) in [6.45, 7) is 0.647. The Bertz CT molecular complexity index is 817. The highest BCUT2D eigenvalue weighted by Crippen LogP contribution is 2.19. The fourth-order valence-electron chi connectivity index (χ4n) is 2.17. The van der Waals surface area contributed by atoms with Crippen molar-refractivity contribution in [1.82, 2.24) is 25.5 Å². The van der Waals surface area contributed by atoms with Gasteiger partial charge in [-0.2, -0.15) is 0 Å². The molecule has 0 radical (unpaired) electrons. The molecule has 0 fully saturated rings. The van der Waals surface area contributed by atoms with Gasteiger partial charge < -0.3 is 10.1 Å². The van der Waals surface area contributed by atoms with Crippen LogP contribution in [0.3, 0.4) is 0 Å². The summed E-state index contributed by atoms with van der Waals surface area (Å²) in [4.78, 5) is 12.4. The lowest BCUT2D eigenvalue weighted by Crippen LogP contribution is -2.23. The van der Waals surface area contributed by atoms with Gasteiger partial charge in [0.2, 0.25) is 0 Å². The molecule has 3 rings (SSSR count). The second kappa shape index (κ2) is 7.36. The number of ether oxygens (including phenoxy) is 1. The van der Waals surface area contributed by atoms with Crippen LogP contribution in [0, 0.1) is 0 Å². The van der Waals surface area contributed by atoms with Crippen molar-refractivity contribution in [2.24, 2.45) is 7.05 Å². The number of rotatable bonds is 6. The van der Waals surface area contributed by atoms with E-state index in [1.165, 1.54) is 4.68 Å². The molecule has 3 aromatic rings. The predicted octanol–water partition coefficient (Wildman–Crippen LogP) is 1.72. The minimum atomic E-state index is -0.189. The quantitative estimate of drug-likeness (QED) is 0.747. The van der Waals surface area contributed by atoms with Crippen molar-refractivity contribution < 1.29 is 9.53 Å². The molecule has 24 heavy (non-hydrogen) atoms. The third-order valence-corrected chi connectivity index (χ3v) is 3.49. The van der Waals surface area contributed by atoms with Gasteiger partial charge in [0.15, 0.2) is 5.82 Å². The van der Waals surface area contributed by atoms with Gasteiger partial charge in [-0.05, 0) is 28.1 Å². The first kappa shape index (κ1) is 15.7. The van der Waals surface area contributed by atoms with E-state index in [4.69, 9.17) is 4.74 Å². The highest BCUT2D eigenvalue weighted by atomic mass is 16.5. The molecule has 0 bridgehead atoms. The molecule has 1 heterocycles. The lowest BCUT2D eigenvalue weighted by molar-refractivity contribution is 0.0946. The maximum atomic E-state index is 12.4. The van der Waals surface area contributed by atoms with Gasteiger partial charge in [-0.3, -0.25) is 4.79 Å². The standard InChI is InChI=1S/C17H17N5O2/c1-22-16(19-20-21-22)12-24-15-10-6-5-9-14(15)17(23)18-11-13-7-3-2-4-8-13/h2-10H,11-12H2,1H3,(H,18,23). The number of carbonyl (C=O) groups excluding carboxylic acids is 1. The van der Waals surface area contributed by atoms with Gasteiger partial charge in [0, 0.05) is 13.6 Å². The van der Waals surface area contributed by atoms with Gasteiger partial charge in [-0.15, -0.1) is 5.10 Å². The summed E-state index contributed by atoms with van der Waals surface area (Å²) in [7, 11) is 1.73. The van der Waals surface area contributed by atoms with Gasteiger partial charge in [0.05, 0.1) is 5.56 Å². The van der Waals surface area contributed by atoms with E-state index < -0.39 is 0 Å². The Kier molecular flexibility index (Phi) is 4.81. The number of para-hydroxylation sites is 1. The lowest BCUT2D eigenvalue weighted by Gasteiger charge is -2.11. The van der Waals surface area contributed by atoms with Crippen molar-refractivity contribution in [3.8, 4) is 5.75 Å². The number of amides is 1. The first-order valence-corrected chi connectivity index (χ1v) is 7.49. The number of hydrogen-bond donors (Lipinski definition) is 1. The van der Waals surface area contributed by atoms with Gasteiger partial charge in [0.25, 0.3) is 5.91 Å². The highest BCUT2D eigenvalue weighted by Gasteiger charge is 2.13. The Morgan fingerprint density at radius 1 is 1.12 bits per heavy atom. The van der Waals surface area contributed by atoms with Crippen molar-refractivity contribution in [1.29, 1.82) is 0 Å². The number of hydrogen-bond acceptors (Lipinski definition) is 5. The van der Waals surface area contributed by atoms with Crippen LogP contribution in [0.5, 0.6) is 5.75 Å². The fraction of sp³-hybridized carbons (Fsp3) is 0.176. The molecule has 0 atom stereocenters. The van der Waals surface area contributed by atoms with Crippen LogP contribution in [-0.2, 0) is 20.2 Å². The SMILES string of the molecule is Cn1nnnc1COc1ccccc1C(=O)NCc1ccccc1. The largest absolute Gasteiger partial charge is 0.485 e. The second-order valence-electron chi connectivity index (χ2n) is 5.17. The summed E-state index contributed by atoms with van der Waals surface area (Å²) in [5.74, 6) is 0.881. The number of nitrogens with zero attached hydrogens (tertiary/aromatic N) is 4. The van der Waals surface area contributed by atoms with Crippen LogP contribution < -0.4 is 10.1 Å². The maximum absolute atomic E-state index is 12.4. The summed E-state index contributed by atoms with van der Waals surface area (Å²) < 4.78 is 7.24. The van der Waals surface area contributed by atoms with Crippen LogP contribution in [-0.4, -0.2) is 26.1 Å². The molecular weight excluding hydrogens is 306 g/mol. The van der Waals surface area contributed by atoms with Crippen molar-refractivity contribution in [3.63, 3.8) is 0 Å². The number of aryl methyl sites for hydroxylation is 1. The van der Waals surface area contributed by atoms with Gasteiger partial charge in [-0.1, -0.05) is 42.5 Å². The minimum Gasteiger partial charge on any atom is -0.485 e. The Labute approximate surface area is 139 Å². The topological polar surface area (TPSA) is 81.9 Å². The molecule has 0 aliphatic rings. The van der Waals surface area contributed by atoms with E-state index in [0.29, 0.717) is 23.7 Å². The van der Waals surface area contributed by atoms with E-state index in [1.54, 1.807) is 25.2 Å². The van der Waals surface area contributed by atoms with E-state index in [0.717, 1.165) is 5.56 Å². The van der Waals surface area contributed by atoms with Crippen LogP contribution in [0.15, 0.2) is 54.6 Å². The van der Waals surface area contributed by atoms with E-state index in [9.17, 15) is 4.79 Å². The molecule has 1 aromatic heterocycles. The monoisotopic (exact) mass is 323 g/mol. The molecule has 1 N–H and O–H groups in total. The summed E-state index contributed by atoms with van der Waals surface area (Å²) in [5, 5.41) is 14.1. The van der Waals surface area contributed by atoms with Crippen molar-refractivity contribution in [3.05, 3.63) is 71.5 Å². The summed E-state index contributed by atoms with van der Waals surface area (Å²) in [5.41, 5.74) is 1.51. The lowest BCUT2D eigenvalue weighted by atomic mass is 10.1. The minimum absolute atomic E-state index is 0.187. The number of carbonyl (C=O) groups is 1. The summed E-state index contributed by atoms with van der Waals surface area (Å²) in [6.07, 6.45) is 0. The van der Waals surface area contributed by atoms with Crippen molar-refractivity contribution >= 4 is 5.91 Å². The van der Waals surface area contributed by atoms with Crippen LogP contribution in [0.4, 0.5) is 0 Å². The van der Waals surface area contributed by atoms with E-state index >= 15 is 0 Å². The Balaban J connectivity index is 1.66. The van der Waals surface area contributed by atoms with E-state index in [-0.39, 0.29) is 12.5 Å². The summed E-state index contributed by atoms with van der Waals surface area (Å²) >= 11 is 0. The van der Waals surface area contributed by atoms with Gasteiger partial charge in [-0.25, -0.2) is 4.68 Å². The Morgan fingerprint density at radius 2 is 1.88 bits per heavy atom. The average Bonchev–Trinajstić information content (AvgIpc) is 3.04. The molecule has 0 aliphatic heterocycles. The third kappa shape index (κ3) is 3.75. The van der Waals surface area contributed by atoms with Crippen LogP contribution >= 0.6 is 0 Å². The Hall–Kier alpha value is -3.22. The fourth-order valence-corrected chi connectivity index (χ4v) is 2.17. The zero-order chi connectivity index (χ0) is 16.8. The molecule has 7 nitrogen and oxygen atoms in total.